The molecule has 1 saturated heterocycles. The van der Waals surface area contributed by atoms with Gasteiger partial charge in [0.15, 0.2) is 5.96 Å². The predicted octanol–water partition coefficient (Wildman–Crippen LogP) is 1.29. The highest BCUT2D eigenvalue weighted by Crippen LogP contribution is 2.18. The highest BCUT2D eigenvalue weighted by Gasteiger charge is 2.36. The molecule has 0 bridgehead atoms. The van der Waals surface area contributed by atoms with Crippen molar-refractivity contribution in [2.24, 2.45) is 4.99 Å². The second-order valence-corrected chi connectivity index (χ2v) is 7.58. The molecule has 156 valence electrons. The number of aromatic nitrogens is 2. The lowest BCUT2D eigenvalue weighted by Gasteiger charge is -2.39. The molecule has 1 aromatic heterocycles. The van der Waals surface area contributed by atoms with E-state index >= 15 is 0 Å². The van der Waals surface area contributed by atoms with Crippen LogP contribution in [-0.2, 0) is 11.3 Å². The van der Waals surface area contributed by atoms with E-state index in [4.69, 9.17) is 4.74 Å². The topological polar surface area (TPSA) is 118 Å². The number of rotatable bonds is 4. The number of ether oxygens (including phenoxy) is 1. The van der Waals surface area contributed by atoms with Crippen LogP contribution in [0.2, 0.25) is 0 Å². The van der Waals surface area contributed by atoms with Gasteiger partial charge in [-0.3, -0.25) is 19.8 Å². The van der Waals surface area contributed by atoms with Crippen molar-refractivity contribution < 1.29 is 14.5 Å². The molecule has 0 spiro atoms. The van der Waals surface area contributed by atoms with Gasteiger partial charge >= 0.3 is 11.8 Å². The Morgan fingerprint density at radius 1 is 1.43 bits per heavy atom. The number of carbonyl (C=O) groups is 1. The Kier molecular flexibility index (Phi) is 7.06. The molecular weight excluding hydrogens is 481 g/mol. The van der Waals surface area contributed by atoms with E-state index in [1.54, 1.807) is 4.90 Å². The zero-order valence-corrected chi connectivity index (χ0v) is 18.5. The van der Waals surface area contributed by atoms with Crippen molar-refractivity contribution in [3.63, 3.8) is 0 Å². The molecule has 1 aromatic rings. The number of hydrogen-bond acceptors (Lipinski definition) is 8. The molecule has 0 aliphatic carbocycles. The first kappa shape index (κ1) is 22.2. The molecule has 12 heteroatoms. The fourth-order valence-electron chi connectivity index (χ4n) is 3.07. The highest BCUT2D eigenvalue weighted by atomic mass is 127. The van der Waals surface area contributed by atoms with Gasteiger partial charge in [-0.25, -0.2) is 4.79 Å². The van der Waals surface area contributed by atoms with E-state index in [9.17, 15) is 14.9 Å². The summed E-state index contributed by atoms with van der Waals surface area (Å²) in [4.78, 5) is 30.9. The Balaban J connectivity index is 0.00000280. The van der Waals surface area contributed by atoms with Crippen LogP contribution in [0.25, 0.3) is 0 Å². The number of piperazine rings is 1. The number of guanidine groups is 1. The van der Waals surface area contributed by atoms with Gasteiger partial charge in [-0.1, -0.05) is 0 Å². The number of hydrogen-bond donors (Lipinski definition) is 1. The van der Waals surface area contributed by atoms with Crippen LogP contribution in [0, 0.1) is 10.1 Å². The van der Waals surface area contributed by atoms with Gasteiger partial charge in [-0.05, 0) is 20.8 Å². The summed E-state index contributed by atoms with van der Waals surface area (Å²) in [5, 5.41) is 17.9. The van der Waals surface area contributed by atoms with E-state index in [0.717, 1.165) is 5.96 Å². The van der Waals surface area contributed by atoms with Gasteiger partial charge in [-0.2, -0.15) is 5.10 Å². The van der Waals surface area contributed by atoms with Crippen LogP contribution in [-0.4, -0.2) is 80.9 Å². The standard InChI is InChI=1S/C16H25N7O4.HI/c1-16(2,3)27-15(24)20-6-7-22-12(10-20)8-18-14(22)17-4-5-21-11-13(9-19-21)23(25)26;/h9,11-12H,4-8,10H2,1-3H3,(H,17,18);1H. The minimum atomic E-state index is -0.505. The van der Waals surface area contributed by atoms with Gasteiger partial charge in [0.05, 0.1) is 24.1 Å². The third-order valence-electron chi connectivity index (χ3n) is 4.31. The molecule has 2 aliphatic heterocycles. The molecular formula is C16H26IN7O4. The van der Waals surface area contributed by atoms with Crippen LogP contribution in [0.1, 0.15) is 20.8 Å². The molecule has 1 atom stereocenters. The van der Waals surface area contributed by atoms with E-state index in [0.29, 0.717) is 39.3 Å². The third kappa shape index (κ3) is 5.45. The number of nitrogens with zero attached hydrogens (tertiary/aromatic N) is 6. The minimum absolute atomic E-state index is 0. The van der Waals surface area contributed by atoms with Gasteiger partial charge < -0.3 is 19.9 Å². The van der Waals surface area contributed by atoms with Crippen LogP contribution < -0.4 is 5.32 Å². The minimum Gasteiger partial charge on any atom is -0.444 e. The lowest BCUT2D eigenvalue weighted by atomic mass is 10.2. The number of nitro groups is 1. The molecule has 1 unspecified atom stereocenters. The maximum Gasteiger partial charge on any atom is 0.410 e. The average molecular weight is 507 g/mol. The van der Waals surface area contributed by atoms with E-state index in [2.05, 4.69) is 20.3 Å². The average Bonchev–Trinajstić information content (AvgIpc) is 3.20. The fourth-order valence-corrected chi connectivity index (χ4v) is 3.07. The van der Waals surface area contributed by atoms with Crippen molar-refractivity contribution in [2.75, 3.05) is 32.7 Å². The molecule has 3 rings (SSSR count). The molecule has 0 radical (unpaired) electrons. The molecule has 1 amide bonds. The van der Waals surface area contributed by atoms with Crippen LogP contribution in [0.3, 0.4) is 0 Å². The monoisotopic (exact) mass is 507 g/mol. The highest BCUT2D eigenvalue weighted by molar-refractivity contribution is 14.0. The van der Waals surface area contributed by atoms with E-state index < -0.39 is 10.5 Å². The number of halogens is 1. The molecule has 28 heavy (non-hydrogen) atoms. The number of fused-ring (bicyclic) bond motifs is 1. The van der Waals surface area contributed by atoms with Gasteiger partial charge in [0, 0.05) is 26.2 Å². The summed E-state index contributed by atoms with van der Waals surface area (Å²) in [5.41, 5.74) is -0.527. The summed E-state index contributed by atoms with van der Waals surface area (Å²) in [6.45, 7) is 9.08. The molecule has 1 fully saturated rings. The summed E-state index contributed by atoms with van der Waals surface area (Å²) in [5.74, 6) is 0.797. The summed E-state index contributed by atoms with van der Waals surface area (Å²) in [6, 6.07) is 0.138. The maximum atomic E-state index is 12.2. The summed E-state index contributed by atoms with van der Waals surface area (Å²) in [7, 11) is 0. The van der Waals surface area contributed by atoms with Crippen LogP contribution >= 0.6 is 24.0 Å². The second-order valence-electron chi connectivity index (χ2n) is 7.58. The Hall–Kier alpha value is -2.12. The van der Waals surface area contributed by atoms with Crippen molar-refractivity contribution >= 4 is 41.7 Å². The first-order chi connectivity index (χ1) is 12.7. The maximum absolute atomic E-state index is 12.2. The van der Waals surface area contributed by atoms with E-state index in [-0.39, 0.29) is 41.8 Å². The summed E-state index contributed by atoms with van der Waals surface area (Å²) in [6.07, 6.45) is 2.35. The number of nitrogens with one attached hydrogen (secondary N) is 1. The van der Waals surface area contributed by atoms with Gasteiger partial charge in [-0.15, -0.1) is 24.0 Å². The van der Waals surface area contributed by atoms with Crippen LogP contribution in [0.15, 0.2) is 17.4 Å². The second kappa shape index (κ2) is 8.92. The molecule has 0 aromatic carbocycles. The molecule has 11 nitrogen and oxygen atoms in total. The van der Waals surface area contributed by atoms with Gasteiger partial charge in [0.2, 0.25) is 0 Å². The zero-order chi connectivity index (χ0) is 19.6. The van der Waals surface area contributed by atoms with Crippen molar-refractivity contribution in [2.45, 2.75) is 39.0 Å². The van der Waals surface area contributed by atoms with Crippen molar-refractivity contribution in [3.05, 3.63) is 22.5 Å². The molecule has 3 heterocycles. The van der Waals surface area contributed by atoms with Crippen molar-refractivity contribution in [1.82, 2.24) is 24.9 Å². The molecule has 2 aliphatic rings. The third-order valence-corrected chi connectivity index (χ3v) is 4.31. The SMILES string of the molecule is CC(C)(C)OC(=O)N1CCN2C(NCCn3cc([N+](=O)[O-])cn3)=NCC2C1.I. The number of amides is 1. The first-order valence-corrected chi connectivity index (χ1v) is 8.93. The van der Waals surface area contributed by atoms with Gasteiger partial charge in [0.25, 0.3) is 0 Å². The van der Waals surface area contributed by atoms with Crippen LogP contribution in [0.5, 0.6) is 0 Å². The van der Waals surface area contributed by atoms with Crippen LogP contribution in [0.4, 0.5) is 10.5 Å². The normalized spacial score (nSPS) is 18.8. The zero-order valence-electron chi connectivity index (χ0n) is 16.2. The van der Waals surface area contributed by atoms with E-state index in [1.807, 2.05) is 20.8 Å². The first-order valence-electron chi connectivity index (χ1n) is 8.93. The predicted molar refractivity (Wildman–Crippen MR) is 113 cm³/mol. The lowest BCUT2D eigenvalue weighted by molar-refractivity contribution is -0.385. The quantitative estimate of drug-likeness (QED) is 0.371. The lowest BCUT2D eigenvalue weighted by Crippen LogP contribution is -2.57. The van der Waals surface area contributed by atoms with Crippen molar-refractivity contribution in [1.29, 1.82) is 0 Å². The molecule has 1 N–H and O–H groups in total. The Morgan fingerprint density at radius 2 is 2.18 bits per heavy atom. The van der Waals surface area contributed by atoms with E-state index in [1.165, 1.54) is 17.1 Å². The molecule has 0 saturated carbocycles. The Bertz CT molecular complexity index is 746. The Labute approximate surface area is 180 Å². The Morgan fingerprint density at radius 3 is 2.82 bits per heavy atom. The number of carbonyl (C=O) groups excluding carboxylic acids is 1. The summed E-state index contributed by atoms with van der Waals surface area (Å²) >= 11 is 0. The summed E-state index contributed by atoms with van der Waals surface area (Å²) < 4.78 is 6.97. The largest absolute Gasteiger partial charge is 0.444 e. The number of aliphatic imine (C=N–C) groups is 1. The van der Waals surface area contributed by atoms with Crippen molar-refractivity contribution in [3.8, 4) is 0 Å². The smallest absolute Gasteiger partial charge is 0.410 e. The van der Waals surface area contributed by atoms with Gasteiger partial charge in [0.1, 0.15) is 18.0 Å². The fraction of sp³-hybridized carbons (Fsp3) is 0.688.